The van der Waals surface area contributed by atoms with E-state index >= 15 is 0 Å². The molecule has 0 spiro atoms. The molecule has 102 valence electrons. The summed E-state index contributed by atoms with van der Waals surface area (Å²) in [6.45, 7) is 3.85. The molecule has 0 amide bonds. The van der Waals surface area contributed by atoms with Gasteiger partial charge in [0.05, 0.1) is 17.9 Å². The van der Waals surface area contributed by atoms with Gasteiger partial charge in [-0.3, -0.25) is 4.68 Å². The van der Waals surface area contributed by atoms with Crippen LogP contribution in [-0.4, -0.2) is 18.2 Å². The molecule has 0 bridgehead atoms. The van der Waals surface area contributed by atoms with Gasteiger partial charge in [0.1, 0.15) is 4.90 Å². The second-order valence-corrected chi connectivity index (χ2v) is 7.64. The van der Waals surface area contributed by atoms with Crippen molar-refractivity contribution in [1.29, 1.82) is 0 Å². The van der Waals surface area contributed by atoms with Crippen LogP contribution in [0, 0.1) is 13.8 Å². The van der Waals surface area contributed by atoms with Gasteiger partial charge in [0.25, 0.3) is 9.05 Å². The van der Waals surface area contributed by atoms with E-state index in [1.54, 1.807) is 18.5 Å². The average molecular weight is 364 g/mol. The van der Waals surface area contributed by atoms with Gasteiger partial charge in [-0.15, -0.1) is 0 Å². The molecule has 4 nitrogen and oxygen atoms in total. The maximum atomic E-state index is 11.5. The van der Waals surface area contributed by atoms with E-state index in [4.69, 9.17) is 10.7 Å². The number of nitrogens with zero attached hydrogens (tertiary/aromatic N) is 2. The molecule has 1 heterocycles. The maximum Gasteiger partial charge on any atom is 0.264 e. The maximum absolute atomic E-state index is 11.5. The van der Waals surface area contributed by atoms with Gasteiger partial charge in [-0.1, -0.05) is 28.1 Å². The number of halogens is 2. The fourth-order valence-corrected chi connectivity index (χ4v) is 3.74. The molecule has 0 unspecified atom stereocenters. The third-order valence-corrected chi connectivity index (χ3v) is 4.87. The lowest BCUT2D eigenvalue weighted by molar-refractivity contribution is 0.607. The molecule has 0 saturated carbocycles. The van der Waals surface area contributed by atoms with E-state index in [9.17, 15) is 8.42 Å². The minimum absolute atomic E-state index is 0.103. The highest BCUT2D eigenvalue weighted by molar-refractivity contribution is 9.10. The van der Waals surface area contributed by atoms with E-state index < -0.39 is 9.05 Å². The van der Waals surface area contributed by atoms with Crippen LogP contribution in [0.25, 0.3) is 0 Å². The third kappa shape index (κ3) is 3.19. The number of hydrogen-bond acceptors (Lipinski definition) is 3. The molecule has 19 heavy (non-hydrogen) atoms. The smallest absolute Gasteiger partial charge is 0.264 e. The quantitative estimate of drug-likeness (QED) is 0.787. The first-order valence-corrected chi connectivity index (χ1v) is 8.62. The zero-order chi connectivity index (χ0) is 14.2. The van der Waals surface area contributed by atoms with Crippen molar-refractivity contribution < 1.29 is 8.42 Å². The van der Waals surface area contributed by atoms with Crippen LogP contribution in [0.3, 0.4) is 0 Å². The van der Waals surface area contributed by atoms with Crippen LogP contribution in [0.2, 0.25) is 0 Å². The molecule has 2 aromatic rings. The Morgan fingerprint density at radius 1 is 1.26 bits per heavy atom. The largest absolute Gasteiger partial charge is 0.264 e. The van der Waals surface area contributed by atoms with Gasteiger partial charge in [-0.25, -0.2) is 8.42 Å². The van der Waals surface area contributed by atoms with Gasteiger partial charge in [-0.05, 0) is 31.5 Å². The minimum Gasteiger partial charge on any atom is -0.264 e. The van der Waals surface area contributed by atoms with Crippen LogP contribution >= 0.6 is 26.6 Å². The van der Waals surface area contributed by atoms with Gasteiger partial charge in [0, 0.05) is 15.2 Å². The number of aryl methyl sites for hydroxylation is 1. The monoisotopic (exact) mass is 362 g/mol. The lowest BCUT2D eigenvalue weighted by Gasteiger charge is -2.05. The van der Waals surface area contributed by atoms with E-state index in [2.05, 4.69) is 21.0 Å². The molecule has 0 N–H and O–H groups in total. The highest BCUT2D eigenvalue weighted by Gasteiger charge is 2.22. The highest BCUT2D eigenvalue weighted by Crippen LogP contribution is 2.23. The summed E-state index contributed by atoms with van der Waals surface area (Å²) in [5.74, 6) is 0. The van der Waals surface area contributed by atoms with E-state index in [1.807, 2.05) is 24.3 Å². The van der Waals surface area contributed by atoms with Crippen LogP contribution in [0.1, 0.15) is 17.0 Å². The topological polar surface area (TPSA) is 52.0 Å². The number of hydrogen-bond donors (Lipinski definition) is 0. The Bertz CT molecular complexity index is 708. The van der Waals surface area contributed by atoms with Crippen molar-refractivity contribution in [2.24, 2.45) is 0 Å². The average Bonchev–Trinajstić information content (AvgIpc) is 2.56. The second-order valence-electron chi connectivity index (χ2n) is 4.22. The summed E-state index contributed by atoms with van der Waals surface area (Å²) in [5.41, 5.74) is 2.01. The SMILES string of the molecule is Cc1nn(Cc2ccc(Br)cc2)c(C)c1S(=O)(=O)Cl. The Balaban J connectivity index is 2.40. The summed E-state index contributed by atoms with van der Waals surface area (Å²) in [6.07, 6.45) is 0. The summed E-state index contributed by atoms with van der Waals surface area (Å²) >= 11 is 3.37. The number of rotatable bonds is 3. The molecule has 0 aliphatic heterocycles. The molecule has 0 atom stereocenters. The molecule has 0 aliphatic carbocycles. The van der Waals surface area contributed by atoms with Crippen molar-refractivity contribution in [3.05, 3.63) is 45.7 Å². The zero-order valence-electron chi connectivity index (χ0n) is 10.4. The summed E-state index contributed by atoms with van der Waals surface area (Å²) in [5, 5.41) is 4.24. The fraction of sp³-hybridized carbons (Fsp3) is 0.250. The molecule has 1 aromatic heterocycles. The van der Waals surface area contributed by atoms with Gasteiger partial charge < -0.3 is 0 Å². The lowest BCUT2D eigenvalue weighted by atomic mass is 10.2. The second kappa shape index (κ2) is 5.26. The van der Waals surface area contributed by atoms with Crippen molar-refractivity contribution >= 4 is 35.7 Å². The van der Waals surface area contributed by atoms with Crippen molar-refractivity contribution in [3.63, 3.8) is 0 Å². The molecular formula is C12H12BrClN2O2S. The number of aromatic nitrogens is 2. The standard InChI is InChI=1S/C12H12BrClN2O2S/c1-8-12(19(14,17)18)9(2)16(15-8)7-10-3-5-11(13)6-4-10/h3-6H,7H2,1-2H3. The molecule has 0 fully saturated rings. The fourth-order valence-electron chi connectivity index (χ4n) is 1.95. The predicted octanol–water partition coefficient (Wildman–Crippen LogP) is 3.24. The molecule has 0 aliphatic rings. The first-order chi connectivity index (χ1) is 8.79. The Labute approximate surface area is 124 Å². The predicted molar refractivity (Wildman–Crippen MR) is 78.0 cm³/mol. The summed E-state index contributed by atoms with van der Waals surface area (Å²) in [7, 11) is 1.66. The van der Waals surface area contributed by atoms with Crippen LogP contribution in [0.15, 0.2) is 33.6 Å². The van der Waals surface area contributed by atoms with Crippen molar-refractivity contribution in [2.45, 2.75) is 25.3 Å². The Morgan fingerprint density at radius 2 is 1.84 bits per heavy atom. The van der Waals surface area contributed by atoms with Crippen LogP contribution < -0.4 is 0 Å². The summed E-state index contributed by atoms with van der Waals surface area (Å²) in [4.78, 5) is 0.103. The van der Waals surface area contributed by atoms with Crippen molar-refractivity contribution in [1.82, 2.24) is 9.78 Å². The van der Waals surface area contributed by atoms with Gasteiger partial charge in [0.15, 0.2) is 0 Å². The molecule has 1 aromatic carbocycles. The van der Waals surface area contributed by atoms with Gasteiger partial charge in [0.2, 0.25) is 0 Å². The molecular weight excluding hydrogens is 352 g/mol. The van der Waals surface area contributed by atoms with Crippen LogP contribution in [0.4, 0.5) is 0 Å². The van der Waals surface area contributed by atoms with Crippen LogP contribution in [-0.2, 0) is 15.6 Å². The third-order valence-electron chi connectivity index (χ3n) is 2.80. The Morgan fingerprint density at radius 3 is 2.32 bits per heavy atom. The first-order valence-electron chi connectivity index (χ1n) is 5.52. The van der Waals surface area contributed by atoms with E-state index in [0.717, 1.165) is 10.0 Å². The summed E-state index contributed by atoms with van der Waals surface area (Å²) in [6, 6.07) is 7.77. The first kappa shape index (κ1) is 14.6. The van der Waals surface area contributed by atoms with Crippen LogP contribution in [0.5, 0.6) is 0 Å². The Kier molecular flexibility index (Phi) is 4.03. The zero-order valence-corrected chi connectivity index (χ0v) is 13.6. The summed E-state index contributed by atoms with van der Waals surface area (Å²) < 4.78 is 25.6. The normalized spacial score (nSPS) is 11.8. The van der Waals surface area contributed by atoms with E-state index in [-0.39, 0.29) is 4.90 Å². The van der Waals surface area contributed by atoms with Crippen molar-refractivity contribution in [3.8, 4) is 0 Å². The highest BCUT2D eigenvalue weighted by atomic mass is 79.9. The molecule has 0 radical (unpaired) electrons. The van der Waals surface area contributed by atoms with Gasteiger partial charge >= 0.3 is 0 Å². The minimum atomic E-state index is -3.76. The molecule has 0 saturated heterocycles. The Hall–Kier alpha value is -0.850. The van der Waals surface area contributed by atoms with E-state index in [0.29, 0.717) is 17.9 Å². The molecule has 7 heteroatoms. The lowest BCUT2D eigenvalue weighted by Crippen LogP contribution is -2.04. The number of benzene rings is 1. The van der Waals surface area contributed by atoms with Gasteiger partial charge in [-0.2, -0.15) is 5.10 Å². The molecule has 2 rings (SSSR count). The van der Waals surface area contributed by atoms with Crippen molar-refractivity contribution in [2.75, 3.05) is 0 Å². The van der Waals surface area contributed by atoms with E-state index in [1.165, 1.54) is 0 Å².